The fourth-order valence-electron chi connectivity index (χ4n) is 3.17. The van der Waals surface area contributed by atoms with Gasteiger partial charge in [-0.05, 0) is 63.8 Å². The second kappa shape index (κ2) is 10.5. The third kappa shape index (κ3) is 6.49. The minimum absolute atomic E-state index is 0.0657. The summed E-state index contributed by atoms with van der Waals surface area (Å²) in [5.41, 5.74) is 0.793. The molecule has 0 saturated carbocycles. The molecule has 0 bridgehead atoms. The van der Waals surface area contributed by atoms with Crippen LogP contribution in [0.5, 0.6) is 0 Å². The maximum atomic E-state index is 13.0. The van der Waals surface area contributed by atoms with Crippen LogP contribution in [-0.2, 0) is 14.6 Å². The molecule has 1 heterocycles. The van der Waals surface area contributed by atoms with Crippen LogP contribution in [0, 0.1) is 0 Å². The maximum Gasteiger partial charge on any atom is 0.228 e. The van der Waals surface area contributed by atoms with Crippen molar-refractivity contribution in [2.45, 2.75) is 24.2 Å². The molecule has 0 saturated heterocycles. The Morgan fingerprint density at radius 3 is 2.52 bits per heavy atom. The van der Waals surface area contributed by atoms with E-state index in [0.29, 0.717) is 16.7 Å². The van der Waals surface area contributed by atoms with Gasteiger partial charge in [-0.1, -0.05) is 41.1 Å². The fourth-order valence-corrected chi connectivity index (χ4v) is 5.78. The lowest BCUT2D eigenvalue weighted by Crippen LogP contribution is -2.33. The molecular formula is C22H26ClN3O3S2. The Balaban J connectivity index is 1.71. The van der Waals surface area contributed by atoms with Gasteiger partial charge < -0.3 is 4.90 Å². The highest BCUT2D eigenvalue weighted by molar-refractivity contribution is 7.91. The number of sulfone groups is 1. The number of nitrogens with zero attached hydrogens (tertiary/aromatic N) is 3. The fraction of sp³-hybridized carbons (Fsp3) is 0.364. The van der Waals surface area contributed by atoms with E-state index < -0.39 is 9.84 Å². The number of rotatable bonds is 10. The monoisotopic (exact) mass is 479 g/mol. The first-order valence-corrected chi connectivity index (χ1v) is 12.9. The zero-order valence-electron chi connectivity index (χ0n) is 17.6. The molecule has 0 spiro atoms. The van der Waals surface area contributed by atoms with Crippen molar-refractivity contribution in [2.24, 2.45) is 0 Å². The molecule has 0 N–H and O–H groups in total. The first-order chi connectivity index (χ1) is 14.8. The number of hydrogen-bond donors (Lipinski definition) is 0. The van der Waals surface area contributed by atoms with Crippen LogP contribution in [0.4, 0.5) is 5.13 Å². The number of halogens is 1. The van der Waals surface area contributed by atoms with Crippen LogP contribution >= 0.6 is 22.9 Å². The van der Waals surface area contributed by atoms with Crippen molar-refractivity contribution in [1.29, 1.82) is 0 Å². The van der Waals surface area contributed by atoms with E-state index in [0.717, 1.165) is 23.2 Å². The lowest BCUT2D eigenvalue weighted by atomic mass is 10.3. The van der Waals surface area contributed by atoms with Gasteiger partial charge >= 0.3 is 0 Å². The highest BCUT2D eigenvalue weighted by Gasteiger charge is 2.21. The molecule has 1 amide bonds. The summed E-state index contributed by atoms with van der Waals surface area (Å²) in [4.78, 5) is 21.7. The third-order valence-corrected chi connectivity index (χ3v) is 7.86. The minimum Gasteiger partial charge on any atom is -0.309 e. The van der Waals surface area contributed by atoms with Crippen LogP contribution in [0.25, 0.3) is 10.2 Å². The van der Waals surface area contributed by atoms with E-state index in [2.05, 4.69) is 9.88 Å². The lowest BCUT2D eigenvalue weighted by Gasteiger charge is -2.21. The summed E-state index contributed by atoms with van der Waals surface area (Å²) >= 11 is 7.51. The lowest BCUT2D eigenvalue weighted by molar-refractivity contribution is -0.118. The van der Waals surface area contributed by atoms with Gasteiger partial charge in [-0.25, -0.2) is 13.4 Å². The zero-order chi connectivity index (χ0) is 22.4. The largest absolute Gasteiger partial charge is 0.309 e. The number of benzene rings is 2. The number of carbonyl (C=O) groups excluding carboxylic acids is 1. The Hall–Kier alpha value is -2.00. The molecule has 0 aliphatic heterocycles. The molecule has 0 unspecified atom stereocenters. The molecule has 3 aromatic rings. The van der Waals surface area contributed by atoms with E-state index in [1.165, 1.54) is 11.3 Å². The van der Waals surface area contributed by atoms with E-state index in [4.69, 9.17) is 11.6 Å². The number of anilines is 1. The van der Waals surface area contributed by atoms with Crippen molar-refractivity contribution in [3.05, 3.63) is 53.6 Å². The Labute approximate surface area is 192 Å². The molecule has 0 radical (unpaired) electrons. The van der Waals surface area contributed by atoms with E-state index >= 15 is 0 Å². The van der Waals surface area contributed by atoms with Gasteiger partial charge in [-0.15, -0.1) is 0 Å². The van der Waals surface area contributed by atoms with Crippen molar-refractivity contribution in [1.82, 2.24) is 9.88 Å². The summed E-state index contributed by atoms with van der Waals surface area (Å²) in [6.07, 6.45) is 1.19. The van der Waals surface area contributed by atoms with Gasteiger partial charge in [0.05, 0.1) is 20.9 Å². The summed E-state index contributed by atoms with van der Waals surface area (Å²) < 4.78 is 25.9. The van der Waals surface area contributed by atoms with Crippen LogP contribution in [0.2, 0.25) is 5.02 Å². The predicted molar refractivity (Wildman–Crippen MR) is 128 cm³/mol. The van der Waals surface area contributed by atoms with Gasteiger partial charge in [0.15, 0.2) is 15.0 Å². The van der Waals surface area contributed by atoms with Gasteiger partial charge in [-0.2, -0.15) is 0 Å². The summed E-state index contributed by atoms with van der Waals surface area (Å²) in [7, 11) is 0.568. The van der Waals surface area contributed by atoms with Crippen LogP contribution in [0.15, 0.2) is 53.4 Å². The zero-order valence-corrected chi connectivity index (χ0v) is 20.0. The third-order valence-electron chi connectivity index (χ3n) is 4.76. The van der Waals surface area contributed by atoms with Crippen molar-refractivity contribution >= 4 is 54.0 Å². The SMILES string of the molecule is CN(C)CCCN(C(=O)CCCS(=O)(=O)c1ccccc1)c1nc2ccc(Cl)cc2s1. The molecule has 3 rings (SSSR count). The first-order valence-electron chi connectivity index (χ1n) is 10.1. The second-order valence-corrected chi connectivity index (χ2v) is 11.1. The Kier molecular flexibility index (Phi) is 8.05. The maximum absolute atomic E-state index is 13.0. The first kappa shape index (κ1) is 23.7. The summed E-state index contributed by atoms with van der Waals surface area (Å²) in [5, 5.41) is 1.24. The smallest absolute Gasteiger partial charge is 0.228 e. The Morgan fingerprint density at radius 2 is 1.81 bits per heavy atom. The normalized spacial score (nSPS) is 11.9. The molecule has 0 aliphatic carbocycles. The number of hydrogen-bond acceptors (Lipinski definition) is 6. The molecule has 31 heavy (non-hydrogen) atoms. The average molecular weight is 480 g/mol. The van der Waals surface area contributed by atoms with E-state index in [9.17, 15) is 13.2 Å². The average Bonchev–Trinajstić information content (AvgIpc) is 3.14. The molecule has 6 nitrogen and oxygen atoms in total. The number of fused-ring (bicyclic) bond motifs is 1. The minimum atomic E-state index is -3.40. The number of thiazole rings is 1. The molecule has 1 aromatic heterocycles. The predicted octanol–water partition coefficient (Wildman–Crippen LogP) is 4.49. The summed E-state index contributed by atoms with van der Waals surface area (Å²) in [6.45, 7) is 1.36. The van der Waals surface area contributed by atoms with Gasteiger partial charge in [0.1, 0.15) is 0 Å². The summed E-state index contributed by atoms with van der Waals surface area (Å²) in [6, 6.07) is 13.8. The van der Waals surface area contributed by atoms with Crippen LogP contribution in [-0.4, -0.2) is 57.1 Å². The van der Waals surface area contributed by atoms with Crippen LogP contribution in [0.3, 0.4) is 0 Å². The second-order valence-electron chi connectivity index (χ2n) is 7.55. The summed E-state index contributed by atoms with van der Waals surface area (Å²) in [5.74, 6) is -0.184. The van der Waals surface area contributed by atoms with Crippen molar-refractivity contribution in [3.63, 3.8) is 0 Å². The van der Waals surface area contributed by atoms with E-state index in [1.54, 1.807) is 41.3 Å². The van der Waals surface area contributed by atoms with Gasteiger partial charge in [0.25, 0.3) is 0 Å². The Bertz CT molecular complexity index is 1130. The molecule has 0 aliphatic rings. The number of carbonyl (C=O) groups is 1. The standard InChI is InChI=1S/C22H26ClN3O3S2/c1-25(2)13-7-14-26(22-24-19-12-11-17(23)16-20(19)30-22)21(27)10-6-15-31(28,29)18-8-4-3-5-9-18/h3-5,8-9,11-12,16H,6-7,10,13-15H2,1-2H3. The Morgan fingerprint density at radius 1 is 1.06 bits per heavy atom. The number of amides is 1. The van der Waals surface area contributed by atoms with Crippen molar-refractivity contribution < 1.29 is 13.2 Å². The molecule has 166 valence electrons. The van der Waals surface area contributed by atoms with Crippen molar-refractivity contribution in [2.75, 3.05) is 37.8 Å². The van der Waals surface area contributed by atoms with Gasteiger partial charge in [-0.3, -0.25) is 9.69 Å². The van der Waals surface area contributed by atoms with Crippen LogP contribution < -0.4 is 4.90 Å². The van der Waals surface area contributed by atoms with E-state index in [-0.39, 0.29) is 29.4 Å². The topological polar surface area (TPSA) is 70.6 Å². The van der Waals surface area contributed by atoms with Gasteiger partial charge in [0, 0.05) is 18.0 Å². The number of aromatic nitrogens is 1. The molecular weight excluding hydrogens is 454 g/mol. The molecule has 2 aromatic carbocycles. The molecule has 9 heteroatoms. The van der Waals surface area contributed by atoms with Crippen LogP contribution in [0.1, 0.15) is 19.3 Å². The molecule has 0 atom stereocenters. The highest BCUT2D eigenvalue weighted by atomic mass is 35.5. The van der Waals surface area contributed by atoms with Crippen molar-refractivity contribution in [3.8, 4) is 0 Å². The van der Waals surface area contributed by atoms with Gasteiger partial charge in [0.2, 0.25) is 5.91 Å². The van der Waals surface area contributed by atoms with E-state index in [1.807, 2.05) is 26.2 Å². The highest BCUT2D eigenvalue weighted by Crippen LogP contribution is 2.31. The quantitative estimate of drug-likeness (QED) is 0.428. The molecule has 0 fully saturated rings.